The molecular formula is C9H10ClNO4. The summed E-state index contributed by atoms with van der Waals surface area (Å²) >= 11 is 0. The lowest BCUT2D eigenvalue weighted by atomic mass is 10.1. The second kappa shape index (κ2) is 5.87. The number of phenols is 1. The minimum atomic E-state index is -1.19. The van der Waals surface area contributed by atoms with E-state index >= 15 is 0 Å². The number of halogens is 1. The number of oxime groups is 1. The third-order valence-corrected chi connectivity index (χ3v) is 1.56. The van der Waals surface area contributed by atoms with Gasteiger partial charge in [-0.3, -0.25) is 0 Å². The molecule has 0 spiro atoms. The van der Waals surface area contributed by atoms with Crippen molar-refractivity contribution in [3.05, 3.63) is 29.3 Å². The van der Waals surface area contributed by atoms with Crippen molar-refractivity contribution in [3.63, 3.8) is 0 Å². The molecule has 0 aromatic heterocycles. The Morgan fingerprint density at radius 1 is 1.53 bits per heavy atom. The van der Waals surface area contributed by atoms with Gasteiger partial charge in [0.15, 0.2) is 0 Å². The molecule has 2 N–H and O–H groups in total. The average Bonchev–Trinajstić information content (AvgIpc) is 2.16. The van der Waals surface area contributed by atoms with Gasteiger partial charge in [0.2, 0.25) is 0 Å². The Kier molecular flexibility index (Phi) is 5.19. The maximum absolute atomic E-state index is 10.6. The van der Waals surface area contributed by atoms with Crippen LogP contribution in [0.3, 0.4) is 0 Å². The highest BCUT2D eigenvalue weighted by atomic mass is 35.5. The molecule has 0 unspecified atom stereocenters. The minimum absolute atomic E-state index is 0. The molecule has 0 bridgehead atoms. The summed E-state index contributed by atoms with van der Waals surface area (Å²) in [5.41, 5.74) is 0.382. The van der Waals surface area contributed by atoms with Crippen molar-refractivity contribution < 1.29 is 19.8 Å². The topological polar surface area (TPSA) is 79.1 Å². The Hall–Kier alpha value is -1.75. The van der Waals surface area contributed by atoms with Crippen molar-refractivity contribution in [2.24, 2.45) is 5.16 Å². The van der Waals surface area contributed by atoms with Crippen molar-refractivity contribution in [1.29, 1.82) is 0 Å². The molecule has 0 atom stereocenters. The summed E-state index contributed by atoms with van der Waals surface area (Å²) in [7, 11) is 1.38. The summed E-state index contributed by atoms with van der Waals surface area (Å²) in [6.45, 7) is 0. The van der Waals surface area contributed by atoms with Crippen LogP contribution in [0.4, 0.5) is 0 Å². The Balaban J connectivity index is 0.00000196. The Morgan fingerprint density at radius 3 is 2.73 bits per heavy atom. The van der Waals surface area contributed by atoms with E-state index in [0.29, 0.717) is 5.56 Å². The van der Waals surface area contributed by atoms with Crippen molar-refractivity contribution in [3.8, 4) is 5.75 Å². The first-order valence-corrected chi connectivity index (χ1v) is 3.78. The van der Waals surface area contributed by atoms with Gasteiger partial charge in [-0.2, -0.15) is 0 Å². The van der Waals surface area contributed by atoms with Crippen LogP contribution in [0.1, 0.15) is 15.9 Å². The van der Waals surface area contributed by atoms with Gasteiger partial charge in [-0.15, -0.1) is 12.4 Å². The number of carbonyl (C=O) groups is 1. The molecule has 0 amide bonds. The van der Waals surface area contributed by atoms with Gasteiger partial charge in [-0.25, -0.2) is 4.79 Å². The molecule has 0 radical (unpaired) electrons. The molecule has 15 heavy (non-hydrogen) atoms. The van der Waals surface area contributed by atoms with Crippen LogP contribution >= 0.6 is 12.4 Å². The van der Waals surface area contributed by atoms with E-state index in [1.54, 1.807) is 0 Å². The molecule has 1 rings (SSSR count). The van der Waals surface area contributed by atoms with Gasteiger partial charge >= 0.3 is 5.97 Å². The van der Waals surface area contributed by atoms with E-state index in [1.807, 2.05) is 0 Å². The maximum atomic E-state index is 10.6. The minimum Gasteiger partial charge on any atom is -0.507 e. The molecular weight excluding hydrogens is 222 g/mol. The van der Waals surface area contributed by atoms with Crippen molar-refractivity contribution >= 4 is 24.6 Å². The van der Waals surface area contributed by atoms with E-state index in [4.69, 9.17) is 5.11 Å². The Labute approximate surface area is 92.4 Å². The largest absolute Gasteiger partial charge is 0.507 e. The van der Waals surface area contributed by atoms with Gasteiger partial charge in [0.1, 0.15) is 18.4 Å². The van der Waals surface area contributed by atoms with Gasteiger partial charge in [-0.1, -0.05) is 5.16 Å². The first kappa shape index (κ1) is 13.2. The fourth-order valence-electron chi connectivity index (χ4n) is 0.919. The first-order valence-electron chi connectivity index (χ1n) is 3.78. The van der Waals surface area contributed by atoms with Crippen LogP contribution in [0.15, 0.2) is 23.4 Å². The number of rotatable bonds is 3. The number of nitrogens with zero attached hydrogens (tertiary/aromatic N) is 1. The number of carboxylic acids is 1. The van der Waals surface area contributed by atoms with E-state index in [9.17, 15) is 9.90 Å². The number of aromatic hydroxyl groups is 1. The van der Waals surface area contributed by atoms with Gasteiger partial charge in [0.25, 0.3) is 0 Å². The Morgan fingerprint density at radius 2 is 2.20 bits per heavy atom. The fourth-order valence-corrected chi connectivity index (χ4v) is 0.919. The number of benzene rings is 1. The summed E-state index contributed by atoms with van der Waals surface area (Å²) < 4.78 is 0. The van der Waals surface area contributed by atoms with Crippen molar-refractivity contribution in [2.75, 3.05) is 7.11 Å². The van der Waals surface area contributed by atoms with Gasteiger partial charge in [-0.05, 0) is 23.8 Å². The van der Waals surface area contributed by atoms with Crippen LogP contribution in [0, 0.1) is 0 Å². The molecule has 0 aliphatic heterocycles. The fraction of sp³-hybridized carbons (Fsp3) is 0.111. The average molecular weight is 232 g/mol. The predicted molar refractivity (Wildman–Crippen MR) is 56.9 cm³/mol. The lowest BCUT2D eigenvalue weighted by Gasteiger charge is -1.99. The van der Waals surface area contributed by atoms with Gasteiger partial charge in [0, 0.05) is 0 Å². The third-order valence-electron chi connectivity index (χ3n) is 1.56. The van der Waals surface area contributed by atoms with E-state index < -0.39 is 5.97 Å². The maximum Gasteiger partial charge on any atom is 0.339 e. The van der Waals surface area contributed by atoms with Crippen LogP contribution in [0.5, 0.6) is 5.75 Å². The SMILES string of the molecule is CON=Cc1ccc(O)c(C(=O)O)c1.Cl. The molecule has 0 saturated heterocycles. The summed E-state index contributed by atoms with van der Waals surface area (Å²) in [6.07, 6.45) is 1.35. The highest BCUT2D eigenvalue weighted by Gasteiger charge is 2.08. The van der Waals surface area contributed by atoms with E-state index in [0.717, 1.165) is 0 Å². The molecule has 5 nitrogen and oxygen atoms in total. The summed E-state index contributed by atoms with van der Waals surface area (Å²) in [4.78, 5) is 15.0. The van der Waals surface area contributed by atoms with E-state index in [2.05, 4.69) is 9.99 Å². The molecule has 6 heteroatoms. The zero-order chi connectivity index (χ0) is 10.6. The molecule has 0 aliphatic rings. The zero-order valence-corrected chi connectivity index (χ0v) is 8.69. The first-order chi connectivity index (χ1) is 6.65. The highest BCUT2D eigenvalue weighted by molar-refractivity contribution is 5.93. The normalized spacial score (nSPS) is 9.67. The second-order valence-corrected chi connectivity index (χ2v) is 2.50. The molecule has 0 heterocycles. The van der Waals surface area contributed by atoms with E-state index in [-0.39, 0.29) is 23.7 Å². The van der Waals surface area contributed by atoms with Crippen molar-refractivity contribution in [2.45, 2.75) is 0 Å². The van der Waals surface area contributed by atoms with Crippen LogP contribution in [-0.2, 0) is 4.84 Å². The van der Waals surface area contributed by atoms with E-state index in [1.165, 1.54) is 31.5 Å². The standard InChI is InChI=1S/C9H9NO4.ClH/c1-14-10-5-6-2-3-8(11)7(4-6)9(12)13;/h2-5,11H,1H3,(H,12,13);1H. The molecule has 0 aliphatic carbocycles. The monoisotopic (exact) mass is 231 g/mol. The lowest BCUT2D eigenvalue weighted by molar-refractivity contribution is 0.0693. The Bertz CT molecular complexity index is 378. The quantitative estimate of drug-likeness (QED) is 0.610. The summed E-state index contributed by atoms with van der Waals surface area (Å²) in [5.74, 6) is -1.46. The zero-order valence-electron chi connectivity index (χ0n) is 7.88. The van der Waals surface area contributed by atoms with Crippen molar-refractivity contribution in [1.82, 2.24) is 0 Å². The number of carboxylic acid groups (broad SMARTS) is 1. The number of aromatic carboxylic acids is 1. The predicted octanol–water partition coefficient (Wildman–Crippen LogP) is 1.49. The molecule has 0 saturated carbocycles. The molecule has 82 valence electrons. The highest BCUT2D eigenvalue weighted by Crippen LogP contribution is 2.17. The van der Waals surface area contributed by atoms with Crippen LogP contribution in [0.25, 0.3) is 0 Å². The molecule has 1 aromatic rings. The third kappa shape index (κ3) is 3.47. The van der Waals surface area contributed by atoms with Crippen LogP contribution in [0.2, 0.25) is 0 Å². The smallest absolute Gasteiger partial charge is 0.339 e. The summed E-state index contributed by atoms with van der Waals surface area (Å²) in [6, 6.07) is 4.13. The number of hydrogen-bond acceptors (Lipinski definition) is 4. The second-order valence-electron chi connectivity index (χ2n) is 2.50. The number of hydrogen-bond donors (Lipinski definition) is 2. The summed E-state index contributed by atoms with van der Waals surface area (Å²) in [5, 5.41) is 21.3. The van der Waals surface area contributed by atoms with Gasteiger partial charge < -0.3 is 15.1 Å². The lowest BCUT2D eigenvalue weighted by Crippen LogP contribution is -1.98. The van der Waals surface area contributed by atoms with Gasteiger partial charge in [0.05, 0.1) is 6.21 Å². The van der Waals surface area contributed by atoms with Crippen LogP contribution < -0.4 is 0 Å². The molecule has 0 fully saturated rings. The molecule has 1 aromatic carbocycles. The van der Waals surface area contributed by atoms with Crippen LogP contribution in [-0.4, -0.2) is 29.5 Å².